The zero-order valence-corrected chi connectivity index (χ0v) is 13.4. The minimum atomic E-state index is -0.612. The molecule has 0 unspecified atom stereocenters. The van der Waals surface area contributed by atoms with E-state index in [4.69, 9.17) is 11.6 Å². The zero-order chi connectivity index (χ0) is 15.1. The zero-order valence-electron chi connectivity index (χ0n) is 12.6. The minimum absolute atomic E-state index is 0.0147. The molecule has 0 saturated carbocycles. The molecule has 4 heteroatoms. The Labute approximate surface area is 124 Å². The van der Waals surface area contributed by atoms with Crippen molar-refractivity contribution in [1.82, 2.24) is 10.3 Å². The standard InChI is InChI=1S/C16H21ClN2O/c1-15(2,3)19-14(20)16(4,5)12-9-18-13-8-10(17)6-7-11(12)13/h6-9,18H,1-5H3,(H,19,20). The van der Waals surface area contributed by atoms with E-state index in [-0.39, 0.29) is 11.4 Å². The van der Waals surface area contributed by atoms with Crippen LogP contribution in [0.3, 0.4) is 0 Å². The molecule has 1 amide bonds. The number of aromatic nitrogens is 1. The summed E-state index contributed by atoms with van der Waals surface area (Å²) in [6.45, 7) is 9.82. The van der Waals surface area contributed by atoms with E-state index in [0.717, 1.165) is 16.5 Å². The molecule has 2 aromatic rings. The van der Waals surface area contributed by atoms with Gasteiger partial charge in [-0.25, -0.2) is 0 Å². The summed E-state index contributed by atoms with van der Waals surface area (Å²) in [7, 11) is 0. The average molecular weight is 293 g/mol. The number of rotatable bonds is 2. The van der Waals surface area contributed by atoms with Crippen molar-refractivity contribution in [2.75, 3.05) is 0 Å². The Bertz CT molecular complexity index is 650. The van der Waals surface area contributed by atoms with Gasteiger partial charge in [-0.05, 0) is 52.3 Å². The second kappa shape index (κ2) is 4.81. The number of carbonyl (C=O) groups is 1. The predicted octanol–water partition coefficient (Wildman–Crippen LogP) is 4.01. The van der Waals surface area contributed by atoms with Crippen LogP contribution in [0.1, 0.15) is 40.2 Å². The van der Waals surface area contributed by atoms with Crippen molar-refractivity contribution in [2.45, 2.75) is 45.6 Å². The van der Waals surface area contributed by atoms with Crippen LogP contribution in [0.15, 0.2) is 24.4 Å². The highest BCUT2D eigenvalue weighted by Gasteiger charge is 2.34. The van der Waals surface area contributed by atoms with Gasteiger partial charge in [0.25, 0.3) is 0 Å². The molecule has 0 radical (unpaired) electrons. The van der Waals surface area contributed by atoms with Crippen molar-refractivity contribution in [3.05, 3.63) is 35.0 Å². The number of aromatic amines is 1. The van der Waals surface area contributed by atoms with Gasteiger partial charge < -0.3 is 10.3 Å². The van der Waals surface area contributed by atoms with Crippen LogP contribution in [0.2, 0.25) is 5.02 Å². The van der Waals surface area contributed by atoms with Gasteiger partial charge in [-0.1, -0.05) is 17.7 Å². The van der Waals surface area contributed by atoms with E-state index in [2.05, 4.69) is 10.3 Å². The molecule has 0 aliphatic carbocycles. The summed E-state index contributed by atoms with van der Waals surface area (Å²) in [4.78, 5) is 15.7. The Hall–Kier alpha value is -1.48. The second-order valence-electron chi connectivity index (χ2n) is 6.72. The summed E-state index contributed by atoms with van der Waals surface area (Å²) < 4.78 is 0. The van der Waals surface area contributed by atoms with Gasteiger partial charge in [0.15, 0.2) is 0 Å². The third kappa shape index (κ3) is 2.83. The van der Waals surface area contributed by atoms with Crippen LogP contribution in [-0.2, 0) is 10.2 Å². The Morgan fingerprint density at radius 1 is 1.20 bits per heavy atom. The van der Waals surface area contributed by atoms with Gasteiger partial charge in [0.2, 0.25) is 5.91 Å². The highest BCUT2D eigenvalue weighted by atomic mass is 35.5. The first-order valence-corrected chi connectivity index (χ1v) is 7.09. The van der Waals surface area contributed by atoms with E-state index in [0.29, 0.717) is 5.02 Å². The number of halogens is 1. The van der Waals surface area contributed by atoms with Gasteiger partial charge in [-0.15, -0.1) is 0 Å². The molecule has 0 fully saturated rings. The summed E-state index contributed by atoms with van der Waals surface area (Å²) in [5.74, 6) is 0.0147. The van der Waals surface area contributed by atoms with Crippen LogP contribution in [0.5, 0.6) is 0 Å². The topological polar surface area (TPSA) is 44.9 Å². The van der Waals surface area contributed by atoms with Crippen LogP contribution in [0, 0.1) is 0 Å². The van der Waals surface area contributed by atoms with Crippen LogP contribution in [-0.4, -0.2) is 16.4 Å². The fourth-order valence-electron chi connectivity index (χ4n) is 2.23. The summed E-state index contributed by atoms with van der Waals surface area (Å²) in [5.41, 5.74) is 1.07. The lowest BCUT2D eigenvalue weighted by atomic mass is 9.83. The van der Waals surface area contributed by atoms with Gasteiger partial charge in [0.1, 0.15) is 0 Å². The lowest BCUT2D eigenvalue weighted by Gasteiger charge is -2.29. The molecule has 0 saturated heterocycles. The Morgan fingerprint density at radius 2 is 1.85 bits per heavy atom. The summed E-state index contributed by atoms with van der Waals surface area (Å²) in [5, 5.41) is 4.76. The Morgan fingerprint density at radius 3 is 2.45 bits per heavy atom. The molecule has 0 aliphatic rings. The first-order chi connectivity index (χ1) is 9.11. The molecule has 20 heavy (non-hydrogen) atoms. The lowest BCUT2D eigenvalue weighted by molar-refractivity contribution is -0.127. The van der Waals surface area contributed by atoms with Gasteiger partial charge in [-0.2, -0.15) is 0 Å². The molecule has 0 bridgehead atoms. The fourth-order valence-corrected chi connectivity index (χ4v) is 2.41. The van der Waals surface area contributed by atoms with Crippen LogP contribution in [0.4, 0.5) is 0 Å². The SMILES string of the molecule is CC(C)(C)NC(=O)C(C)(C)c1c[nH]c2cc(Cl)ccc12. The fraction of sp³-hybridized carbons (Fsp3) is 0.438. The number of fused-ring (bicyclic) bond motifs is 1. The maximum atomic E-state index is 12.5. The highest BCUT2D eigenvalue weighted by Crippen LogP contribution is 2.32. The molecular weight excluding hydrogens is 272 g/mol. The van der Waals surface area contributed by atoms with Gasteiger partial charge in [0, 0.05) is 27.7 Å². The minimum Gasteiger partial charge on any atom is -0.361 e. The quantitative estimate of drug-likeness (QED) is 0.863. The van der Waals surface area contributed by atoms with Crippen molar-refractivity contribution in [1.29, 1.82) is 0 Å². The van der Waals surface area contributed by atoms with Crippen LogP contribution >= 0.6 is 11.6 Å². The molecule has 3 nitrogen and oxygen atoms in total. The van der Waals surface area contributed by atoms with Crippen molar-refractivity contribution >= 4 is 28.4 Å². The molecule has 0 atom stereocenters. The third-order valence-electron chi connectivity index (χ3n) is 3.37. The average Bonchev–Trinajstić information content (AvgIpc) is 2.69. The first-order valence-electron chi connectivity index (χ1n) is 6.71. The number of nitrogens with one attached hydrogen (secondary N) is 2. The molecule has 2 rings (SSSR count). The first kappa shape index (κ1) is 14.9. The van der Waals surface area contributed by atoms with E-state index < -0.39 is 5.41 Å². The highest BCUT2D eigenvalue weighted by molar-refractivity contribution is 6.31. The van der Waals surface area contributed by atoms with Crippen LogP contribution < -0.4 is 5.32 Å². The monoisotopic (exact) mass is 292 g/mol. The molecular formula is C16H21ClN2O. The van der Waals surface area contributed by atoms with Crippen molar-refractivity contribution in [3.8, 4) is 0 Å². The van der Waals surface area contributed by atoms with Crippen molar-refractivity contribution in [2.24, 2.45) is 0 Å². The van der Waals surface area contributed by atoms with E-state index >= 15 is 0 Å². The maximum absolute atomic E-state index is 12.5. The predicted molar refractivity (Wildman–Crippen MR) is 84.2 cm³/mol. The van der Waals surface area contributed by atoms with Gasteiger partial charge in [-0.3, -0.25) is 4.79 Å². The number of H-pyrrole nitrogens is 1. The summed E-state index contributed by atoms with van der Waals surface area (Å²) in [6.07, 6.45) is 1.89. The Balaban J connectivity index is 2.44. The number of hydrogen-bond donors (Lipinski definition) is 2. The van der Waals surface area contributed by atoms with Crippen molar-refractivity contribution < 1.29 is 4.79 Å². The maximum Gasteiger partial charge on any atom is 0.230 e. The molecule has 1 heterocycles. The Kier molecular flexibility index (Phi) is 3.59. The number of benzene rings is 1. The molecule has 108 valence electrons. The van der Waals surface area contributed by atoms with E-state index in [1.165, 1.54) is 0 Å². The normalized spacial score (nSPS) is 12.7. The molecule has 1 aromatic carbocycles. The number of amides is 1. The molecule has 2 N–H and O–H groups in total. The smallest absolute Gasteiger partial charge is 0.230 e. The van der Waals surface area contributed by atoms with Crippen molar-refractivity contribution in [3.63, 3.8) is 0 Å². The molecule has 0 aliphatic heterocycles. The molecule has 0 spiro atoms. The van der Waals surface area contributed by atoms with E-state index in [9.17, 15) is 4.79 Å². The summed E-state index contributed by atoms with van der Waals surface area (Å²) in [6, 6.07) is 5.67. The van der Waals surface area contributed by atoms with E-state index in [1.54, 1.807) is 0 Å². The number of carbonyl (C=O) groups excluding carboxylic acids is 1. The summed E-state index contributed by atoms with van der Waals surface area (Å²) >= 11 is 5.99. The van der Waals surface area contributed by atoms with Crippen LogP contribution in [0.25, 0.3) is 10.9 Å². The van der Waals surface area contributed by atoms with E-state index in [1.807, 2.05) is 59.0 Å². The number of hydrogen-bond acceptors (Lipinski definition) is 1. The third-order valence-corrected chi connectivity index (χ3v) is 3.61. The second-order valence-corrected chi connectivity index (χ2v) is 7.16. The largest absolute Gasteiger partial charge is 0.361 e. The van der Waals surface area contributed by atoms with Gasteiger partial charge >= 0.3 is 0 Å². The van der Waals surface area contributed by atoms with Gasteiger partial charge in [0.05, 0.1) is 5.41 Å². The molecule has 1 aromatic heterocycles. The lowest BCUT2D eigenvalue weighted by Crippen LogP contribution is -2.48.